The van der Waals surface area contributed by atoms with Gasteiger partial charge in [-0.05, 0) is 62.4 Å². The van der Waals surface area contributed by atoms with E-state index in [1.54, 1.807) is 0 Å². The Labute approximate surface area is 193 Å². The fourth-order valence-corrected chi connectivity index (χ4v) is 5.40. The first-order chi connectivity index (χ1) is 14.2. The van der Waals surface area contributed by atoms with E-state index < -0.39 is 0 Å². The molecule has 1 N–H and O–H groups in total. The lowest BCUT2D eigenvalue weighted by atomic mass is 9.74. The van der Waals surface area contributed by atoms with Crippen molar-refractivity contribution in [3.8, 4) is 0 Å². The molecule has 0 unspecified atom stereocenters. The first-order valence-electron chi connectivity index (χ1n) is 11.1. The van der Waals surface area contributed by atoms with Crippen molar-refractivity contribution in [1.82, 2.24) is 15.1 Å². The van der Waals surface area contributed by atoms with Crippen molar-refractivity contribution < 1.29 is 0 Å². The summed E-state index contributed by atoms with van der Waals surface area (Å²) < 4.78 is 0. The third kappa shape index (κ3) is 5.57. The van der Waals surface area contributed by atoms with Crippen LogP contribution in [0, 0.1) is 0 Å². The molecule has 0 amide bonds. The number of nitrogens with one attached hydrogen (secondary N) is 1. The molecule has 1 saturated carbocycles. The number of benzene rings is 2. The van der Waals surface area contributed by atoms with Crippen molar-refractivity contribution in [3.05, 3.63) is 70.7 Å². The Balaban J connectivity index is 0.00000256. The van der Waals surface area contributed by atoms with E-state index in [1.165, 1.54) is 69.5 Å². The quantitative estimate of drug-likeness (QED) is 0.673. The number of piperazine rings is 1. The molecule has 164 valence electrons. The van der Waals surface area contributed by atoms with Gasteiger partial charge < -0.3 is 10.2 Å². The first-order valence-corrected chi connectivity index (χ1v) is 11.5. The van der Waals surface area contributed by atoms with Gasteiger partial charge in [0.25, 0.3) is 0 Å². The highest BCUT2D eigenvalue weighted by Crippen LogP contribution is 2.39. The Bertz CT molecular complexity index is 767. The van der Waals surface area contributed by atoms with Gasteiger partial charge in [-0.25, -0.2) is 0 Å². The SMILES string of the molecule is CNC1(c2cccc(Cl)c2)CCC(N2CCN(CCc3ccccc3)CC2)CC1.Cl. The average Bonchev–Trinajstić information content (AvgIpc) is 2.79. The largest absolute Gasteiger partial charge is 0.310 e. The zero-order valence-electron chi connectivity index (χ0n) is 18.0. The third-order valence-electron chi connectivity index (χ3n) is 7.15. The van der Waals surface area contributed by atoms with E-state index in [9.17, 15) is 0 Å². The van der Waals surface area contributed by atoms with E-state index in [2.05, 4.69) is 70.7 Å². The lowest BCUT2D eigenvalue weighted by molar-refractivity contribution is 0.0609. The second kappa shape index (κ2) is 11.0. The highest BCUT2D eigenvalue weighted by atomic mass is 35.5. The zero-order valence-corrected chi connectivity index (χ0v) is 19.6. The van der Waals surface area contributed by atoms with E-state index in [-0.39, 0.29) is 17.9 Å². The molecule has 2 aromatic carbocycles. The van der Waals surface area contributed by atoms with E-state index in [1.807, 2.05) is 6.07 Å². The van der Waals surface area contributed by atoms with E-state index >= 15 is 0 Å². The van der Waals surface area contributed by atoms with Crippen LogP contribution >= 0.6 is 24.0 Å². The molecule has 5 heteroatoms. The van der Waals surface area contributed by atoms with Crippen LogP contribution in [0.4, 0.5) is 0 Å². The van der Waals surface area contributed by atoms with Gasteiger partial charge >= 0.3 is 0 Å². The van der Waals surface area contributed by atoms with E-state index in [4.69, 9.17) is 11.6 Å². The lowest BCUT2D eigenvalue weighted by Gasteiger charge is -2.46. The summed E-state index contributed by atoms with van der Waals surface area (Å²) in [4.78, 5) is 5.38. The van der Waals surface area contributed by atoms with Crippen LogP contribution in [0.25, 0.3) is 0 Å². The molecular weight excluding hydrogens is 413 g/mol. The highest BCUT2D eigenvalue weighted by Gasteiger charge is 2.37. The molecule has 0 aromatic heterocycles. The molecule has 30 heavy (non-hydrogen) atoms. The number of hydrogen-bond donors (Lipinski definition) is 1. The monoisotopic (exact) mass is 447 g/mol. The first kappa shape index (κ1) is 23.6. The van der Waals surface area contributed by atoms with Crippen LogP contribution in [0.1, 0.15) is 36.8 Å². The summed E-state index contributed by atoms with van der Waals surface area (Å²) in [5.41, 5.74) is 2.88. The Hall–Kier alpha value is -1.10. The molecule has 1 aliphatic carbocycles. The van der Waals surface area contributed by atoms with Crippen LogP contribution in [0.15, 0.2) is 54.6 Å². The minimum Gasteiger partial charge on any atom is -0.310 e. The van der Waals surface area contributed by atoms with Crippen molar-refractivity contribution in [2.75, 3.05) is 39.8 Å². The molecule has 2 aromatic rings. The molecule has 0 atom stereocenters. The van der Waals surface area contributed by atoms with Crippen LogP contribution < -0.4 is 5.32 Å². The fraction of sp³-hybridized carbons (Fsp3) is 0.520. The van der Waals surface area contributed by atoms with Gasteiger partial charge in [-0.3, -0.25) is 4.90 Å². The lowest BCUT2D eigenvalue weighted by Crippen LogP contribution is -2.53. The molecule has 0 spiro atoms. The molecule has 2 fully saturated rings. The number of halogens is 2. The maximum atomic E-state index is 6.27. The third-order valence-corrected chi connectivity index (χ3v) is 7.38. The van der Waals surface area contributed by atoms with Crippen LogP contribution in [0.3, 0.4) is 0 Å². The van der Waals surface area contributed by atoms with Crippen LogP contribution in [0.5, 0.6) is 0 Å². The Morgan fingerprint density at radius 3 is 2.30 bits per heavy atom. The van der Waals surface area contributed by atoms with Crippen molar-refractivity contribution in [3.63, 3.8) is 0 Å². The summed E-state index contributed by atoms with van der Waals surface area (Å²) in [5, 5.41) is 4.48. The van der Waals surface area contributed by atoms with Gasteiger partial charge in [0.15, 0.2) is 0 Å². The Morgan fingerprint density at radius 1 is 0.967 bits per heavy atom. The number of rotatable bonds is 6. The molecule has 0 bridgehead atoms. The zero-order chi connectivity index (χ0) is 20.1. The predicted molar refractivity (Wildman–Crippen MR) is 130 cm³/mol. The smallest absolute Gasteiger partial charge is 0.0433 e. The summed E-state index contributed by atoms with van der Waals surface area (Å²) in [7, 11) is 2.10. The molecule has 4 rings (SSSR count). The predicted octanol–water partition coefficient (Wildman–Crippen LogP) is 4.98. The van der Waals surface area contributed by atoms with Gasteiger partial charge in [0.05, 0.1) is 0 Å². The van der Waals surface area contributed by atoms with Gasteiger partial charge in [-0.1, -0.05) is 54.1 Å². The van der Waals surface area contributed by atoms with Crippen molar-refractivity contribution >= 4 is 24.0 Å². The Morgan fingerprint density at radius 2 is 1.67 bits per heavy atom. The molecule has 1 aliphatic heterocycles. The van der Waals surface area contributed by atoms with Gasteiger partial charge in [0, 0.05) is 49.3 Å². The summed E-state index contributed by atoms with van der Waals surface area (Å²) in [5.74, 6) is 0. The second-order valence-corrected chi connectivity index (χ2v) is 9.12. The van der Waals surface area contributed by atoms with Crippen molar-refractivity contribution in [1.29, 1.82) is 0 Å². The molecule has 3 nitrogen and oxygen atoms in total. The topological polar surface area (TPSA) is 18.5 Å². The molecular formula is C25H35Cl2N3. The van der Waals surface area contributed by atoms with Gasteiger partial charge in [-0.2, -0.15) is 0 Å². The number of nitrogens with zero attached hydrogens (tertiary/aromatic N) is 2. The minimum atomic E-state index is 0. The maximum absolute atomic E-state index is 6.27. The van der Waals surface area contributed by atoms with Crippen molar-refractivity contribution in [2.45, 2.75) is 43.7 Å². The molecule has 2 aliphatic rings. The number of hydrogen-bond acceptors (Lipinski definition) is 3. The normalized spacial score (nSPS) is 25.6. The van der Waals surface area contributed by atoms with Crippen LogP contribution in [-0.2, 0) is 12.0 Å². The summed E-state index contributed by atoms with van der Waals surface area (Å²) in [6.45, 7) is 6.01. The maximum Gasteiger partial charge on any atom is 0.0433 e. The van der Waals surface area contributed by atoms with Crippen LogP contribution in [-0.4, -0.2) is 55.6 Å². The Kier molecular flexibility index (Phi) is 8.62. The summed E-state index contributed by atoms with van der Waals surface area (Å²) in [6, 6.07) is 20.0. The van der Waals surface area contributed by atoms with Gasteiger partial charge in [-0.15, -0.1) is 12.4 Å². The van der Waals surface area contributed by atoms with Crippen molar-refractivity contribution in [2.24, 2.45) is 0 Å². The summed E-state index contributed by atoms with van der Waals surface area (Å²) >= 11 is 6.27. The molecule has 1 saturated heterocycles. The second-order valence-electron chi connectivity index (χ2n) is 8.69. The summed E-state index contributed by atoms with van der Waals surface area (Å²) in [6.07, 6.45) is 6.05. The minimum absolute atomic E-state index is 0. The van der Waals surface area contributed by atoms with E-state index in [0.717, 1.165) is 17.5 Å². The fourth-order valence-electron chi connectivity index (χ4n) is 5.21. The van der Waals surface area contributed by atoms with Gasteiger partial charge in [0.2, 0.25) is 0 Å². The van der Waals surface area contributed by atoms with Crippen LogP contribution in [0.2, 0.25) is 5.02 Å². The molecule has 1 heterocycles. The highest BCUT2D eigenvalue weighted by molar-refractivity contribution is 6.30. The average molecular weight is 448 g/mol. The molecule has 0 radical (unpaired) electrons. The van der Waals surface area contributed by atoms with Gasteiger partial charge in [0.1, 0.15) is 0 Å². The van der Waals surface area contributed by atoms with E-state index in [0.29, 0.717) is 0 Å². The standard InChI is InChI=1S/C25H34ClN3.ClH/c1-27-25(22-8-5-9-23(26)20-22)13-10-24(11-14-25)29-18-16-28(17-19-29)15-12-21-6-3-2-4-7-21;/h2-9,20,24,27H,10-19H2,1H3;1H.